The maximum Gasteiger partial charge on any atom is 0.139 e. The molecule has 4 aliphatic rings. The molecule has 0 aromatic carbocycles. The summed E-state index contributed by atoms with van der Waals surface area (Å²) < 4.78 is 0. The minimum Gasteiger partial charge on any atom is -0.389 e. The van der Waals surface area contributed by atoms with E-state index in [0.29, 0.717) is 17.1 Å². The summed E-state index contributed by atoms with van der Waals surface area (Å²) >= 11 is 0. The Morgan fingerprint density at radius 3 is 2.52 bits per heavy atom. The number of hydrogen-bond acceptors (Lipinski definition) is 2. The zero-order chi connectivity index (χ0) is 14.8. The molecule has 0 radical (unpaired) electrons. The third kappa shape index (κ3) is 1.78. The van der Waals surface area contributed by atoms with Crippen molar-refractivity contribution < 1.29 is 9.90 Å². The SMILES string of the molecule is C[C@@]12CC[C@H]3[C@@H](CCC4=C[C@H](O)CC[C@@]43C)[C@H]1CCC2=O. The van der Waals surface area contributed by atoms with Crippen LogP contribution in [0.25, 0.3) is 0 Å². The van der Waals surface area contributed by atoms with E-state index in [1.54, 1.807) is 0 Å². The molecule has 6 atom stereocenters. The molecule has 0 unspecified atom stereocenters. The van der Waals surface area contributed by atoms with Crippen molar-refractivity contribution in [1.29, 1.82) is 0 Å². The summed E-state index contributed by atoms with van der Waals surface area (Å²) in [5, 5.41) is 9.96. The molecule has 3 fully saturated rings. The lowest BCUT2D eigenvalue weighted by atomic mass is 9.47. The topological polar surface area (TPSA) is 37.3 Å². The summed E-state index contributed by atoms with van der Waals surface area (Å²) in [7, 11) is 0. The van der Waals surface area contributed by atoms with Gasteiger partial charge in [0.15, 0.2) is 0 Å². The van der Waals surface area contributed by atoms with Crippen LogP contribution in [0.3, 0.4) is 0 Å². The van der Waals surface area contributed by atoms with E-state index in [4.69, 9.17) is 0 Å². The molecule has 0 amide bonds. The van der Waals surface area contributed by atoms with E-state index in [2.05, 4.69) is 19.9 Å². The molecule has 0 aliphatic heterocycles. The zero-order valence-corrected chi connectivity index (χ0v) is 13.4. The first-order valence-electron chi connectivity index (χ1n) is 8.88. The fraction of sp³-hybridized carbons (Fsp3) is 0.842. The van der Waals surface area contributed by atoms with Gasteiger partial charge < -0.3 is 5.11 Å². The highest BCUT2D eigenvalue weighted by Crippen LogP contribution is 2.64. The van der Waals surface area contributed by atoms with E-state index < -0.39 is 0 Å². The minimum atomic E-state index is -0.216. The number of aliphatic hydroxyl groups excluding tert-OH is 1. The second-order valence-corrected chi connectivity index (χ2v) is 8.55. The molecule has 21 heavy (non-hydrogen) atoms. The Kier molecular flexibility index (Phi) is 2.96. The smallest absolute Gasteiger partial charge is 0.139 e. The molecule has 0 bridgehead atoms. The largest absolute Gasteiger partial charge is 0.389 e. The van der Waals surface area contributed by atoms with Crippen LogP contribution in [0.15, 0.2) is 11.6 Å². The number of aliphatic hydroxyl groups is 1. The predicted molar refractivity (Wildman–Crippen MR) is 82.7 cm³/mol. The molecule has 4 rings (SSSR count). The van der Waals surface area contributed by atoms with Crippen LogP contribution >= 0.6 is 0 Å². The van der Waals surface area contributed by atoms with Gasteiger partial charge in [-0.1, -0.05) is 25.5 Å². The Balaban J connectivity index is 1.69. The number of ketones is 1. The van der Waals surface area contributed by atoms with Crippen molar-refractivity contribution in [2.45, 2.75) is 71.3 Å². The Hall–Kier alpha value is -0.630. The van der Waals surface area contributed by atoms with Gasteiger partial charge in [-0.05, 0) is 68.1 Å². The van der Waals surface area contributed by atoms with Crippen LogP contribution in [0.5, 0.6) is 0 Å². The van der Waals surface area contributed by atoms with Crippen LogP contribution < -0.4 is 0 Å². The van der Waals surface area contributed by atoms with Gasteiger partial charge in [0, 0.05) is 11.8 Å². The first-order chi connectivity index (χ1) is 9.95. The van der Waals surface area contributed by atoms with Gasteiger partial charge in [-0.25, -0.2) is 0 Å². The quantitative estimate of drug-likeness (QED) is 0.687. The van der Waals surface area contributed by atoms with Crippen molar-refractivity contribution in [3.8, 4) is 0 Å². The van der Waals surface area contributed by atoms with Gasteiger partial charge in [0.2, 0.25) is 0 Å². The first kappa shape index (κ1) is 14.0. The molecule has 4 aliphatic carbocycles. The van der Waals surface area contributed by atoms with Crippen molar-refractivity contribution in [2.75, 3.05) is 0 Å². The van der Waals surface area contributed by atoms with E-state index in [-0.39, 0.29) is 11.5 Å². The summed E-state index contributed by atoms with van der Waals surface area (Å²) in [6.45, 7) is 4.70. The highest BCUT2D eigenvalue weighted by Gasteiger charge is 2.58. The van der Waals surface area contributed by atoms with Gasteiger partial charge >= 0.3 is 0 Å². The number of fused-ring (bicyclic) bond motifs is 5. The van der Waals surface area contributed by atoms with E-state index in [1.165, 1.54) is 18.4 Å². The molecule has 2 heteroatoms. The third-order valence-corrected chi connectivity index (χ3v) is 7.80. The maximum absolute atomic E-state index is 12.4. The number of allylic oxidation sites excluding steroid dienone is 1. The molecular formula is C19H28O2. The lowest BCUT2D eigenvalue weighted by molar-refractivity contribution is -0.132. The summed E-state index contributed by atoms with van der Waals surface area (Å²) in [6.07, 6.45) is 10.7. The van der Waals surface area contributed by atoms with Crippen molar-refractivity contribution >= 4 is 5.78 Å². The van der Waals surface area contributed by atoms with Gasteiger partial charge in [0.1, 0.15) is 5.78 Å². The molecule has 0 saturated heterocycles. The minimum absolute atomic E-state index is 0.00702. The summed E-state index contributed by atoms with van der Waals surface area (Å²) in [5.41, 5.74) is 1.82. The number of Topliss-reactive ketones (excluding diaryl/α,β-unsaturated/α-hetero) is 1. The van der Waals surface area contributed by atoms with Gasteiger partial charge in [-0.2, -0.15) is 0 Å². The van der Waals surface area contributed by atoms with Gasteiger partial charge in [-0.3, -0.25) is 4.79 Å². The second-order valence-electron chi connectivity index (χ2n) is 8.55. The Morgan fingerprint density at radius 1 is 1.00 bits per heavy atom. The van der Waals surface area contributed by atoms with E-state index in [9.17, 15) is 9.90 Å². The molecule has 2 nitrogen and oxygen atoms in total. The Labute approximate surface area is 128 Å². The van der Waals surface area contributed by atoms with Crippen LogP contribution in [0.4, 0.5) is 0 Å². The normalized spacial score (nSPS) is 52.7. The van der Waals surface area contributed by atoms with Crippen LogP contribution in [-0.4, -0.2) is 17.0 Å². The van der Waals surface area contributed by atoms with Crippen molar-refractivity contribution in [3.63, 3.8) is 0 Å². The summed E-state index contributed by atoms with van der Waals surface area (Å²) in [5.74, 6) is 2.66. The fourth-order valence-electron chi connectivity index (χ4n) is 6.48. The van der Waals surface area contributed by atoms with Crippen molar-refractivity contribution in [2.24, 2.45) is 28.6 Å². The Morgan fingerprint density at radius 2 is 1.71 bits per heavy atom. The molecule has 1 N–H and O–H groups in total. The average molecular weight is 288 g/mol. The molecule has 0 aromatic rings. The zero-order valence-electron chi connectivity index (χ0n) is 13.4. The number of carbonyl (C=O) groups excluding carboxylic acids is 1. The van der Waals surface area contributed by atoms with Crippen LogP contribution in [0.2, 0.25) is 0 Å². The van der Waals surface area contributed by atoms with Crippen molar-refractivity contribution in [1.82, 2.24) is 0 Å². The number of rotatable bonds is 0. The van der Waals surface area contributed by atoms with Gasteiger partial charge in [0.05, 0.1) is 6.10 Å². The Bertz CT molecular complexity index is 508. The molecule has 0 aromatic heterocycles. The monoisotopic (exact) mass is 288 g/mol. The summed E-state index contributed by atoms with van der Waals surface area (Å²) in [6, 6.07) is 0. The maximum atomic E-state index is 12.4. The predicted octanol–water partition coefficient (Wildman–Crippen LogP) is 3.88. The molecule has 116 valence electrons. The van der Waals surface area contributed by atoms with E-state index >= 15 is 0 Å². The molecule has 3 saturated carbocycles. The molecular weight excluding hydrogens is 260 g/mol. The van der Waals surface area contributed by atoms with E-state index in [1.807, 2.05) is 0 Å². The highest BCUT2D eigenvalue weighted by atomic mass is 16.3. The lowest BCUT2D eigenvalue weighted by Crippen LogP contribution is -2.50. The lowest BCUT2D eigenvalue weighted by Gasteiger charge is -2.57. The van der Waals surface area contributed by atoms with Crippen molar-refractivity contribution in [3.05, 3.63) is 11.6 Å². The number of carbonyl (C=O) groups is 1. The van der Waals surface area contributed by atoms with Crippen LogP contribution in [0.1, 0.15) is 65.2 Å². The first-order valence-corrected chi connectivity index (χ1v) is 8.88. The second kappa shape index (κ2) is 4.44. The standard InChI is InChI=1S/C19H28O2/c1-18-9-7-13(20)11-12(18)3-4-14-15-5-6-17(21)19(15,2)10-8-16(14)18/h11,13-16,20H,3-10H2,1-2H3/t13-,14+,15-,16+,18+,19-/m1/s1. The van der Waals surface area contributed by atoms with Crippen LogP contribution in [-0.2, 0) is 4.79 Å². The third-order valence-electron chi connectivity index (χ3n) is 7.80. The fourth-order valence-corrected chi connectivity index (χ4v) is 6.48. The van der Waals surface area contributed by atoms with E-state index in [0.717, 1.165) is 50.4 Å². The number of hydrogen-bond donors (Lipinski definition) is 1. The summed E-state index contributed by atoms with van der Waals surface area (Å²) in [4.78, 5) is 12.4. The van der Waals surface area contributed by atoms with Crippen LogP contribution in [0, 0.1) is 28.6 Å². The van der Waals surface area contributed by atoms with Gasteiger partial charge in [-0.15, -0.1) is 0 Å². The highest BCUT2D eigenvalue weighted by molar-refractivity contribution is 5.87. The molecule has 0 heterocycles. The average Bonchev–Trinajstić information content (AvgIpc) is 2.76. The molecule has 0 spiro atoms. The van der Waals surface area contributed by atoms with Gasteiger partial charge in [0.25, 0.3) is 0 Å².